The third-order valence-corrected chi connectivity index (χ3v) is 3.51. The second-order valence-electron chi connectivity index (χ2n) is 5.04. The van der Waals surface area contributed by atoms with Crippen LogP contribution in [-0.2, 0) is 0 Å². The lowest BCUT2D eigenvalue weighted by atomic mass is 10.1. The molecule has 1 heterocycles. The minimum Gasteiger partial charge on any atom is -0.397 e. The predicted molar refractivity (Wildman–Crippen MR) is 74.5 cm³/mol. The maximum Gasteiger partial charge on any atom is 0.0992 e. The van der Waals surface area contributed by atoms with E-state index < -0.39 is 0 Å². The molecule has 1 aromatic carbocycles. The summed E-state index contributed by atoms with van der Waals surface area (Å²) >= 11 is 0. The van der Waals surface area contributed by atoms with Crippen LogP contribution in [0.2, 0.25) is 0 Å². The van der Waals surface area contributed by atoms with E-state index in [0.29, 0.717) is 17.3 Å². The van der Waals surface area contributed by atoms with Crippen LogP contribution in [0.1, 0.15) is 18.9 Å². The van der Waals surface area contributed by atoms with Gasteiger partial charge in [-0.05, 0) is 45.1 Å². The monoisotopic (exact) mass is 244 g/mol. The molecular weight excluding hydrogens is 224 g/mol. The van der Waals surface area contributed by atoms with Crippen LogP contribution in [0.25, 0.3) is 0 Å². The van der Waals surface area contributed by atoms with Gasteiger partial charge in [0, 0.05) is 19.1 Å². The molecule has 0 radical (unpaired) electrons. The third-order valence-electron chi connectivity index (χ3n) is 3.51. The molecule has 0 aromatic heterocycles. The summed E-state index contributed by atoms with van der Waals surface area (Å²) in [5.74, 6) is 0. The highest BCUT2D eigenvalue weighted by Crippen LogP contribution is 2.27. The first-order valence-electron chi connectivity index (χ1n) is 6.36. The van der Waals surface area contributed by atoms with Gasteiger partial charge in [0.2, 0.25) is 0 Å². The Kier molecular flexibility index (Phi) is 3.73. The molecule has 0 saturated carbocycles. The van der Waals surface area contributed by atoms with E-state index in [1.54, 1.807) is 6.07 Å². The van der Waals surface area contributed by atoms with Gasteiger partial charge in [0.15, 0.2) is 0 Å². The van der Waals surface area contributed by atoms with Crippen molar-refractivity contribution in [1.82, 2.24) is 4.90 Å². The second-order valence-corrected chi connectivity index (χ2v) is 5.04. The number of nitrogen functional groups attached to an aromatic ring is 1. The highest BCUT2D eigenvalue weighted by atomic mass is 15.2. The summed E-state index contributed by atoms with van der Waals surface area (Å²) in [7, 11) is 2.15. The molecule has 2 rings (SSSR count). The number of rotatable bonds is 1. The minimum atomic E-state index is 0.438. The first kappa shape index (κ1) is 12.7. The Balaban J connectivity index is 2.27. The van der Waals surface area contributed by atoms with Gasteiger partial charge in [0.25, 0.3) is 0 Å². The first-order chi connectivity index (χ1) is 8.61. The molecule has 1 aliphatic heterocycles. The van der Waals surface area contributed by atoms with E-state index in [9.17, 15) is 0 Å². The highest BCUT2D eigenvalue weighted by molar-refractivity contribution is 5.70. The molecule has 4 heteroatoms. The standard InChI is InChI=1S/C14H20N4/c1-11-10-17(2)6-3-7-18(11)14-5-4-12(9-15)8-13(14)16/h4-5,8,11H,3,6-7,10,16H2,1-2H3. The minimum absolute atomic E-state index is 0.438. The quantitative estimate of drug-likeness (QED) is 0.763. The van der Waals surface area contributed by atoms with E-state index in [0.717, 1.165) is 31.7 Å². The van der Waals surface area contributed by atoms with Crippen molar-refractivity contribution in [3.8, 4) is 6.07 Å². The topological polar surface area (TPSA) is 56.3 Å². The molecule has 96 valence electrons. The zero-order chi connectivity index (χ0) is 13.1. The van der Waals surface area contributed by atoms with E-state index in [1.165, 1.54) is 0 Å². The number of nitrogens with two attached hydrogens (primary N) is 1. The van der Waals surface area contributed by atoms with Crippen molar-refractivity contribution in [2.75, 3.05) is 37.3 Å². The number of likely N-dealkylation sites (N-methyl/N-ethyl adjacent to an activating group) is 1. The normalized spacial score (nSPS) is 21.4. The molecular formula is C14H20N4. The fourth-order valence-electron chi connectivity index (χ4n) is 2.62. The van der Waals surface area contributed by atoms with Crippen LogP contribution in [0.15, 0.2) is 18.2 Å². The molecule has 1 fully saturated rings. The number of nitriles is 1. The molecule has 0 amide bonds. The van der Waals surface area contributed by atoms with Gasteiger partial charge in [0.05, 0.1) is 23.0 Å². The fourth-order valence-corrected chi connectivity index (χ4v) is 2.62. The maximum absolute atomic E-state index is 8.87. The summed E-state index contributed by atoms with van der Waals surface area (Å²) in [4.78, 5) is 4.70. The number of benzene rings is 1. The first-order valence-corrected chi connectivity index (χ1v) is 6.36. The van der Waals surface area contributed by atoms with Crippen LogP contribution in [0.5, 0.6) is 0 Å². The number of hydrogen-bond donors (Lipinski definition) is 1. The highest BCUT2D eigenvalue weighted by Gasteiger charge is 2.21. The molecule has 1 saturated heterocycles. The van der Waals surface area contributed by atoms with E-state index >= 15 is 0 Å². The molecule has 0 spiro atoms. The summed E-state index contributed by atoms with van der Waals surface area (Å²) in [5.41, 5.74) is 8.44. The van der Waals surface area contributed by atoms with Gasteiger partial charge in [-0.1, -0.05) is 0 Å². The molecule has 2 N–H and O–H groups in total. The molecule has 1 unspecified atom stereocenters. The van der Waals surface area contributed by atoms with Crippen LogP contribution in [-0.4, -0.2) is 37.6 Å². The smallest absolute Gasteiger partial charge is 0.0992 e. The molecule has 4 nitrogen and oxygen atoms in total. The number of anilines is 2. The van der Waals surface area contributed by atoms with E-state index in [-0.39, 0.29) is 0 Å². The Morgan fingerprint density at radius 3 is 2.83 bits per heavy atom. The summed E-state index contributed by atoms with van der Waals surface area (Å²) in [5, 5.41) is 8.87. The summed E-state index contributed by atoms with van der Waals surface area (Å²) in [6, 6.07) is 8.13. The molecule has 1 aromatic rings. The van der Waals surface area contributed by atoms with Gasteiger partial charge >= 0.3 is 0 Å². The summed E-state index contributed by atoms with van der Waals surface area (Å²) in [6.45, 7) is 5.40. The zero-order valence-corrected chi connectivity index (χ0v) is 11.1. The molecule has 18 heavy (non-hydrogen) atoms. The SMILES string of the molecule is CC1CN(C)CCCN1c1ccc(C#N)cc1N. The van der Waals surface area contributed by atoms with Crippen LogP contribution < -0.4 is 10.6 Å². The third kappa shape index (κ3) is 2.57. The van der Waals surface area contributed by atoms with Gasteiger partial charge in [-0.15, -0.1) is 0 Å². The number of nitrogens with zero attached hydrogens (tertiary/aromatic N) is 3. The van der Waals surface area contributed by atoms with Gasteiger partial charge < -0.3 is 15.5 Å². The fraction of sp³-hybridized carbons (Fsp3) is 0.500. The molecule has 1 aliphatic rings. The maximum atomic E-state index is 8.87. The van der Waals surface area contributed by atoms with Crippen molar-refractivity contribution in [2.24, 2.45) is 0 Å². The average molecular weight is 244 g/mol. The average Bonchev–Trinajstić information content (AvgIpc) is 2.50. The lowest BCUT2D eigenvalue weighted by molar-refractivity contribution is 0.337. The Morgan fingerprint density at radius 2 is 2.17 bits per heavy atom. The molecule has 1 atom stereocenters. The van der Waals surface area contributed by atoms with E-state index in [2.05, 4.69) is 29.8 Å². The van der Waals surface area contributed by atoms with E-state index in [1.807, 2.05) is 12.1 Å². The van der Waals surface area contributed by atoms with Crippen LogP contribution >= 0.6 is 0 Å². The summed E-state index contributed by atoms with van der Waals surface area (Å²) < 4.78 is 0. The lowest BCUT2D eigenvalue weighted by Gasteiger charge is -2.31. The lowest BCUT2D eigenvalue weighted by Crippen LogP contribution is -2.38. The largest absolute Gasteiger partial charge is 0.397 e. The van der Waals surface area contributed by atoms with Gasteiger partial charge in [0.1, 0.15) is 0 Å². The Morgan fingerprint density at radius 1 is 1.39 bits per heavy atom. The van der Waals surface area contributed by atoms with Crippen LogP contribution in [0.4, 0.5) is 11.4 Å². The van der Waals surface area contributed by atoms with Crippen molar-refractivity contribution in [3.63, 3.8) is 0 Å². The van der Waals surface area contributed by atoms with Crippen LogP contribution in [0, 0.1) is 11.3 Å². The van der Waals surface area contributed by atoms with Crippen molar-refractivity contribution in [3.05, 3.63) is 23.8 Å². The van der Waals surface area contributed by atoms with Gasteiger partial charge in [-0.2, -0.15) is 5.26 Å². The van der Waals surface area contributed by atoms with E-state index in [4.69, 9.17) is 11.0 Å². The van der Waals surface area contributed by atoms with Crippen molar-refractivity contribution in [2.45, 2.75) is 19.4 Å². The zero-order valence-electron chi connectivity index (χ0n) is 11.1. The summed E-state index contributed by atoms with van der Waals surface area (Å²) in [6.07, 6.45) is 1.14. The van der Waals surface area contributed by atoms with Crippen LogP contribution in [0.3, 0.4) is 0 Å². The number of hydrogen-bond acceptors (Lipinski definition) is 4. The van der Waals surface area contributed by atoms with Gasteiger partial charge in [-0.25, -0.2) is 0 Å². The predicted octanol–water partition coefficient (Wildman–Crippen LogP) is 1.67. The molecule has 0 bridgehead atoms. The molecule has 0 aliphatic carbocycles. The Bertz CT molecular complexity index is 463. The Hall–Kier alpha value is -1.73. The van der Waals surface area contributed by atoms with Gasteiger partial charge in [-0.3, -0.25) is 0 Å². The second kappa shape index (κ2) is 5.28. The Labute approximate surface area is 109 Å². The van der Waals surface area contributed by atoms with Crippen molar-refractivity contribution >= 4 is 11.4 Å². The van der Waals surface area contributed by atoms with Crippen molar-refractivity contribution in [1.29, 1.82) is 5.26 Å². The van der Waals surface area contributed by atoms with Crippen molar-refractivity contribution < 1.29 is 0 Å².